The number of allylic oxidation sites excluding steroid dienone is 1. The van der Waals surface area contributed by atoms with E-state index in [2.05, 4.69) is 15.9 Å². The average Bonchev–Trinajstić information content (AvgIpc) is 2.19. The number of alkyl halides is 1. The van der Waals surface area contributed by atoms with Crippen LogP contribution < -0.4 is 0 Å². The summed E-state index contributed by atoms with van der Waals surface area (Å²) < 4.78 is 8.45. The molecule has 0 saturated carbocycles. The van der Waals surface area contributed by atoms with Crippen LogP contribution in [-0.4, -0.2) is 34.8 Å². The van der Waals surface area contributed by atoms with E-state index in [1.54, 1.807) is 0 Å². The van der Waals surface area contributed by atoms with Crippen LogP contribution in [0.15, 0.2) is 12.2 Å². The molecule has 1 rings (SSSR count). The van der Waals surface area contributed by atoms with E-state index >= 15 is 0 Å². The maximum absolute atomic E-state index is 11.8. The third kappa shape index (κ3) is 1.72. The maximum Gasteiger partial charge on any atom is 0.305 e. The monoisotopic (exact) mass is 290 g/mol. The second-order valence-electron chi connectivity index (χ2n) is 3.48. The number of hydrogen-bond donors (Lipinski definition) is 0. The predicted octanol–water partition coefficient (Wildman–Crippen LogP) is 0.754. The number of ether oxygens (including phenoxy) is 2. The third-order valence-electron chi connectivity index (χ3n) is 2.37. The Morgan fingerprint density at radius 2 is 1.81 bits per heavy atom. The van der Waals surface area contributed by atoms with Gasteiger partial charge < -0.3 is 9.47 Å². The van der Waals surface area contributed by atoms with Crippen molar-refractivity contribution in [2.24, 2.45) is 0 Å². The minimum absolute atomic E-state index is 0.407. The highest BCUT2D eigenvalue weighted by atomic mass is 79.9. The molecule has 0 fully saturated rings. The van der Waals surface area contributed by atoms with Gasteiger partial charge in [0.2, 0.25) is 5.78 Å². The fourth-order valence-corrected chi connectivity index (χ4v) is 2.06. The lowest BCUT2D eigenvalue weighted by Crippen LogP contribution is -2.62. The minimum Gasteiger partial charge on any atom is -0.423 e. The molecule has 5 nitrogen and oxygen atoms in total. The number of carbonyl (C=O) groups excluding carboxylic acids is 3. The molecule has 0 amide bonds. The molecular formula is C10H11BrO5. The molecule has 0 radical (unpaired) electrons. The molecule has 0 aromatic heterocycles. The molecule has 0 spiro atoms. The summed E-state index contributed by atoms with van der Waals surface area (Å²) in [5, 5.41) is 0. The van der Waals surface area contributed by atoms with Crippen LogP contribution in [0.4, 0.5) is 0 Å². The van der Waals surface area contributed by atoms with Gasteiger partial charge in [-0.15, -0.1) is 0 Å². The van der Waals surface area contributed by atoms with Crippen LogP contribution in [0.5, 0.6) is 0 Å². The SMILES string of the molecule is COC1(OC(C)=O)C(=O)C=CC(=O)C1(C)Br. The van der Waals surface area contributed by atoms with E-state index in [0.717, 1.165) is 19.1 Å². The molecule has 2 atom stereocenters. The van der Waals surface area contributed by atoms with Crippen molar-refractivity contribution in [1.29, 1.82) is 0 Å². The minimum atomic E-state index is -1.94. The summed E-state index contributed by atoms with van der Waals surface area (Å²) in [4.78, 5) is 34.4. The normalized spacial score (nSPS) is 34.0. The van der Waals surface area contributed by atoms with E-state index in [0.29, 0.717) is 0 Å². The molecule has 0 bridgehead atoms. The van der Waals surface area contributed by atoms with E-state index in [4.69, 9.17) is 9.47 Å². The van der Waals surface area contributed by atoms with E-state index in [1.165, 1.54) is 14.0 Å². The second-order valence-corrected chi connectivity index (χ2v) is 5.07. The van der Waals surface area contributed by atoms with Gasteiger partial charge in [-0.25, -0.2) is 0 Å². The molecular weight excluding hydrogens is 280 g/mol. The van der Waals surface area contributed by atoms with Gasteiger partial charge >= 0.3 is 5.97 Å². The van der Waals surface area contributed by atoms with Gasteiger partial charge in [-0.1, -0.05) is 15.9 Å². The quantitative estimate of drug-likeness (QED) is 0.426. The zero-order chi connectivity index (χ0) is 12.6. The van der Waals surface area contributed by atoms with Gasteiger partial charge in [-0.2, -0.15) is 0 Å². The van der Waals surface area contributed by atoms with E-state index in [9.17, 15) is 14.4 Å². The van der Waals surface area contributed by atoms with Gasteiger partial charge in [0, 0.05) is 14.0 Å². The third-order valence-corrected chi connectivity index (χ3v) is 3.28. The Bertz CT molecular complexity index is 385. The molecule has 0 aliphatic heterocycles. The summed E-state index contributed by atoms with van der Waals surface area (Å²) in [7, 11) is 1.20. The summed E-state index contributed by atoms with van der Waals surface area (Å²) in [5.74, 6) is -3.65. The van der Waals surface area contributed by atoms with Crippen LogP contribution in [0.3, 0.4) is 0 Å². The topological polar surface area (TPSA) is 69.7 Å². The lowest BCUT2D eigenvalue weighted by Gasteiger charge is -2.40. The van der Waals surface area contributed by atoms with Crippen molar-refractivity contribution in [3.05, 3.63) is 12.2 Å². The lowest BCUT2D eigenvalue weighted by atomic mass is 9.86. The van der Waals surface area contributed by atoms with E-state index < -0.39 is 27.6 Å². The highest BCUT2D eigenvalue weighted by Gasteiger charge is 2.61. The van der Waals surface area contributed by atoms with Crippen LogP contribution in [0.2, 0.25) is 0 Å². The Morgan fingerprint density at radius 3 is 2.25 bits per heavy atom. The molecule has 16 heavy (non-hydrogen) atoms. The number of rotatable bonds is 2. The molecule has 0 saturated heterocycles. The zero-order valence-corrected chi connectivity index (χ0v) is 10.7. The van der Waals surface area contributed by atoms with Gasteiger partial charge in [0.15, 0.2) is 10.1 Å². The standard InChI is InChI=1S/C10H11BrO5/c1-6(12)16-10(15-3)8(14)5-4-7(13)9(10,2)11/h4-5H,1-3H3. The maximum atomic E-state index is 11.8. The second kappa shape index (κ2) is 4.10. The molecule has 0 N–H and O–H groups in total. The van der Waals surface area contributed by atoms with Gasteiger partial charge in [0.1, 0.15) is 0 Å². The first-order valence-electron chi connectivity index (χ1n) is 4.48. The number of methoxy groups -OCH3 is 1. The van der Waals surface area contributed by atoms with Crippen LogP contribution in [0.1, 0.15) is 13.8 Å². The first-order chi connectivity index (χ1) is 7.28. The van der Waals surface area contributed by atoms with Crippen molar-refractivity contribution in [3.8, 4) is 0 Å². The predicted molar refractivity (Wildman–Crippen MR) is 58.0 cm³/mol. The number of carbonyl (C=O) groups is 3. The largest absolute Gasteiger partial charge is 0.423 e. The van der Waals surface area contributed by atoms with Crippen molar-refractivity contribution in [1.82, 2.24) is 0 Å². The molecule has 0 aromatic rings. The molecule has 2 unspecified atom stereocenters. The van der Waals surface area contributed by atoms with Gasteiger partial charge in [0.05, 0.1) is 0 Å². The molecule has 88 valence electrons. The Morgan fingerprint density at radius 1 is 1.31 bits per heavy atom. The van der Waals surface area contributed by atoms with Gasteiger partial charge in [0.25, 0.3) is 5.79 Å². The van der Waals surface area contributed by atoms with Gasteiger partial charge in [-0.3, -0.25) is 14.4 Å². The highest BCUT2D eigenvalue weighted by molar-refractivity contribution is 9.10. The zero-order valence-electron chi connectivity index (χ0n) is 9.07. The molecule has 0 aromatic carbocycles. The van der Waals surface area contributed by atoms with Crippen LogP contribution in [-0.2, 0) is 23.9 Å². The Kier molecular flexibility index (Phi) is 3.35. The number of halogens is 1. The summed E-state index contributed by atoms with van der Waals surface area (Å²) in [6, 6.07) is 0. The Hall–Kier alpha value is -1.01. The summed E-state index contributed by atoms with van der Waals surface area (Å²) >= 11 is 3.09. The molecule has 1 aliphatic rings. The molecule has 6 heteroatoms. The lowest BCUT2D eigenvalue weighted by molar-refractivity contribution is -0.223. The van der Waals surface area contributed by atoms with Crippen LogP contribution in [0, 0.1) is 0 Å². The Balaban J connectivity index is 3.33. The fraction of sp³-hybridized carbons (Fsp3) is 0.500. The summed E-state index contributed by atoms with van der Waals surface area (Å²) in [6.07, 6.45) is 2.16. The fourth-order valence-electron chi connectivity index (χ4n) is 1.49. The molecule has 0 heterocycles. The van der Waals surface area contributed by atoms with E-state index in [-0.39, 0.29) is 0 Å². The van der Waals surface area contributed by atoms with Crippen molar-refractivity contribution in [2.75, 3.05) is 7.11 Å². The van der Waals surface area contributed by atoms with E-state index in [1.807, 2.05) is 0 Å². The number of esters is 1. The van der Waals surface area contributed by atoms with Crippen molar-refractivity contribution >= 4 is 33.5 Å². The molecule has 1 aliphatic carbocycles. The first-order valence-corrected chi connectivity index (χ1v) is 5.28. The first kappa shape index (κ1) is 13.1. The Labute approximate surface area is 101 Å². The number of ketones is 2. The smallest absolute Gasteiger partial charge is 0.305 e. The van der Waals surface area contributed by atoms with Crippen LogP contribution >= 0.6 is 15.9 Å². The summed E-state index contributed by atoms with van der Waals surface area (Å²) in [6.45, 7) is 2.56. The highest BCUT2D eigenvalue weighted by Crippen LogP contribution is 2.40. The number of hydrogen-bond acceptors (Lipinski definition) is 5. The average molecular weight is 291 g/mol. The van der Waals surface area contributed by atoms with Gasteiger partial charge in [-0.05, 0) is 19.1 Å². The van der Waals surface area contributed by atoms with Crippen molar-refractivity contribution in [2.45, 2.75) is 24.0 Å². The van der Waals surface area contributed by atoms with Crippen molar-refractivity contribution in [3.63, 3.8) is 0 Å². The summed E-state index contributed by atoms with van der Waals surface area (Å²) in [5.41, 5.74) is 0. The van der Waals surface area contributed by atoms with Crippen LogP contribution in [0.25, 0.3) is 0 Å². The van der Waals surface area contributed by atoms with Crippen molar-refractivity contribution < 1.29 is 23.9 Å².